The number of hydrogen-bond donors (Lipinski definition) is 1. The Morgan fingerprint density at radius 2 is 2.00 bits per heavy atom. The minimum Gasteiger partial charge on any atom is -0.481 e. The summed E-state index contributed by atoms with van der Waals surface area (Å²) in [6.07, 6.45) is 2.39. The number of carbonyl (C=O) groups is 1. The van der Waals surface area contributed by atoms with E-state index in [1.54, 1.807) is 0 Å². The van der Waals surface area contributed by atoms with Crippen molar-refractivity contribution in [1.29, 1.82) is 0 Å². The van der Waals surface area contributed by atoms with Crippen molar-refractivity contribution in [3.05, 3.63) is 34.9 Å². The fourth-order valence-electron chi connectivity index (χ4n) is 2.75. The molecule has 1 fully saturated rings. The molecule has 1 aromatic rings. The van der Waals surface area contributed by atoms with E-state index in [-0.39, 0.29) is 0 Å². The second-order valence-corrected chi connectivity index (χ2v) is 5.26. The molecular formula is C15H21NO2. The molecular weight excluding hydrogens is 226 g/mol. The molecule has 3 heteroatoms. The van der Waals surface area contributed by atoms with Crippen LogP contribution in [0.15, 0.2) is 18.2 Å². The molecule has 0 spiro atoms. The second kappa shape index (κ2) is 5.53. The molecule has 1 saturated heterocycles. The standard InChI is InChI=1S/C15H21NO2/c1-11-5-6-13(12(2)9-11)14(15(17)18)10-16-7-3-4-8-16/h5-6,9,14H,3-4,7-8,10H2,1-2H3,(H,17,18). The van der Waals surface area contributed by atoms with E-state index in [4.69, 9.17) is 0 Å². The summed E-state index contributed by atoms with van der Waals surface area (Å²) in [5, 5.41) is 9.45. The van der Waals surface area contributed by atoms with E-state index in [2.05, 4.69) is 11.0 Å². The lowest BCUT2D eigenvalue weighted by molar-refractivity contribution is -0.139. The van der Waals surface area contributed by atoms with Crippen molar-refractivity contribution in [2.45, 2.75) is 32.6 Å². The van der Waals surface area contributed by atoms with Crippen LogP contribution in [0, 0.1) is 13.8 Å². The summed E-state index contributed by atoms with van der Waals surface area (Å²) >= 11 is 0. The Balaban J connectivity index is 2.20. The fraction of sp³-hybridized carbons (Fsp3) is 0.533. The first-order chi connectivity index (χ1) is 8.58. The van der Waals surface area contributed by atoms with Gasteiger partial charge in [0.25, 0.3) is 0 Å². The predicted molar refractivity (Wildman–Crippen MR) is 72.0 cm³/mol. The number of rotatable bonds is 4. The minimum absolute atomic E-state index is 0.399. The maximum atomic E-state index is 11.5. The SMILES string of the molecule is Cc1ccc(C(CN2CCCC2)C(=O)O)c(C)c1. The van der Waals surface area contributed by atoms with Gasteiger partial charge in [-0.15, -0.1) is 0 Å². The molecule has 18 heavy (non-hydrogen) atoms. The molecule has 2 rings (SSSR count). The van der Waals surface area contributed by atoms with Crippen LogP contribution in [0.1, 0.15) is 35.4 Å². The number of hydrogen-bond acceptors (Lipinski definition) is 2. The molecule has 0 aliphatic carbocycles. The number of nitrogens with zero attached hydrogens (tertiary/aromatic N) is 1. The number of aryl methyl sites for hydroxylation is 2. The molecule has 0 amide bonds. The Bertz CT molecular complexity index is 436. The Morgan fingerprint density at radius 3 is 2.56 bits per heavy atom. The highest BCUT2D eigenvalue weighted by molar-refractivity contribution is 5.77. The molecule has 1 heterocycles. The van der Waals surface area contributed by atoms with Crippen molar-refractivity contribution >= 4 is 5.97 Å². The fourth-order valence-corrected chi connectivity index (χ4v) is 2.75. The normalized spacial score (nSPS) is 17.9. The van der Waals surface area contributed by atoms with Gasteiger partial charge in [-0.2, -0.15) is 0 Å². The smallest absolute Gasteiger partial charge is 0.312 e. The van der Waals surface area contributed by atoms with Gasteiger partial charge in [0.1, 0.15) is 0 Å². The van der Waals surface area contributed by atoms with Gasteiger partial charge in [0.05, 0.1) is 5.92 Å². The van der Waals surface area contributed by atoms with Crippen LogP contribution in [-0.2, 0) is 4.79 Å². The molecule has 1 aliphatic rings. The maximum absolute atomic E-state index is 11.5. The molecule has 0 aromatic heterocycles. The average Bonchev–Trinajstić information content (AvgIpc) is 2.79. The zero-order chi connectivity index (χ0) is 13.1. The summed E-state index contributed by atoms with van der Waals surface area (Å²) in [5.41, 5.74) is 3.23. The van der Waals surface area contributed by atoms with E-state index in [9.17, 15) is 9.90 Å². The van der Waals surface area contributed by atoms with Gasteiger partial charge in [0.15, 0.2) is 0 Å². The lowest BCUT2D eigenvalue weighted by Gasteiger charge is -2.22. The van der Waals surface area contributed by atoms with Gasteiger partial charge in [-0.1, -0.05) is 23.8 Å². The van der Waals surface area contributed by atoms with Crippen LogP contribution < -0.4 is 0 Å². The monoisotopic (exact) mass is 247 g/mol. The van der Waals surface area contributed by atoms with Crippen LogP contribution in [0.4, 0.5) is 0 Å². The highest BCUT2D eigenvalue weighted by atomic mass is 16.4. The Hall–Kier alpha value is -1.35. The molecule has 1 unspecified atom stereocenters. The molecule has 1 aliphatic heterocycles. The number of carboxylic acid groups (broad SMARTS) is 1. The molecule has 0 bridgehead atoms. The third kappa shape index (κ3) is 2.91. The van der Waals surface area contributed by atoms with Crippen molar-refractivity contribution in [1.82, 2.24) is 4.90 Å². The second-order valence-electron chi connectivity index (χ2n) is 5.26. The van der Waals surface area contributed by atoms with Crippen LogP contribution >= 0.6 is 0 Å². The van der Waals surface area contributed by atoms with E-state index in [0.29, 0.717) is 6.54 Å². The third-order valence-corrected chi connectivity index (χ3v) is 3.74. The molecule has 3 nitrogen and oxygen atoms in total. The van der Waals surface area contributed by atoms with Gasteiger partial charge in [0, 0.05) is 6.54 Å². The van der Waals surface area contributed by atoms with E-state index in [1.807, 2.05) is 26.0 Å². The number of benzene rings is 1. The van der Waals surface area contributed by atoms with Crippen LogP contribution in [0.2, 0.25) is 0 Å². The zero-order valence-corrected chi connectivity index (χ0v) is 11.1. The summed E-state index contributed by atoms with van der Waals surface area (Å²) < 4.78 is 0. The van der Waals surface area contributed by atoms with Crippen molar-refractivity contribution < 1.29 is 9.90 Å². The summed E-state index contributed by atoms with van der Waals surface area (Å²) in [6.45, 7) is 6.75. The van der Waals surface area contributed by atoms with Crippen LogP contribution in [-0.4, -0.2) is 35.6 Å². The first-order valence-corrected chi connectivity index (χ1v) is 6.60. The number of aliphatic carboxylic acids is 1. The van der Waals surface area contributed by atoms with E-state index in [0.717, 1.165) is 24.2 Å². The van der Waals surface area contributed by atoms with Gasteiger partial charge in [-0.25, -0.2) is 0 Å². The maximum Gasteiger partial charge on any atom is 0.312 e. The zero-order valence-electron chi connectivity index (χ0n) is 11.1. The Morgan fingerprint density at radius 1 is 1.33 bits per heavy atom. The van der Waals surface area contributed by atoms with E-state index < -0.39 is 11.9 Å². The van der Waals surface area contributed by atoms with Crippen LogP contribution in [0.5, 0.6) is 0 Å². The molecule has 1 N–H and O–H groups in total. The first kappa shape index (κ1) is 13.1. The molecule has 1 aromatic carbocycles. The van der Waals surface area contributed by atoms with Gasteiger partial charge in [-0.05, 0) is 50.9 Å². The lowest BCUT2D eigenvalue weighted by atomic mass is 9.93. The minimum atomic E-state index is -0.714. The summed E-state index contributed by atoms with van der Waals surface area (Å²) in [7, 11) is 0. The van der Waals surface area contributed by atoms with Gasteiger partial charge < -0.3 is 10.0 Å². The van der Waals surface area contributed by atoms with Crippen molar-refractivity contribution in [3.63, 3.8) is 0 Å². The van der Waals surface area contributed by atoms with Crippen molar-refractivity contribution in [3.8, 4) is 0 Å². The summed E-state index contributed by atoms with van der Waals surface area (Å²) in [4.78, 5) is 13.8. The van der Waals surface area contributed by atoms with Gasteiger partial charge in [0.2, 0.25) is 0 Å². The molecule has 1 atom stereocenters. The quantitative estimate of drug-likeness (QED) is 0.889. The van der Waals surface area contributed by atoms with Crippen LogP contribution in [0.3, 0.4) is 0 Å². The molecule has 0 saturated carbocycles. The molecule has 0 radical (unpaired) electrons. The third-order valence-electron chi connectivity index (χ3n) is 3.74. The largest absolute Gasteiger partial charge is 0.481 e. The highest BCUT2D eigenvalue weighted by Gasteiger charge is 2.25. The predicted octanol–water partition coefficient (Wildman–Crippen LogP) is 2.57. The molecule has 98 valence electrons. The van der Waals surface area contributed by atoms with Gasteiger partial charge >= 0.3 is 5.97 Å². The Labute approximate surface area is 108 Å². The van der Waals surface area contributed by atoms with Crippen molar-refractivity contribution in [2.75, 3.05) is 19.6 Å². The number of likely N-dealkylation sites (tertiary alicyclic amines) is 1. The Kier molecular flexibility index (Phi) is 4.02. The topological polar surface area (TPSA) is 40.5 Å². The number of carboxylic acids is 1. The van der Waals surface area contributed by atoms with Crippen LogP contribution in [0.25, 0.3) is 0 Å². The average molecular weight is 247 g/mol. The van der Waals surface area contributed by atoms with Crippen molar-refractivity contribution in [2.24, 2.45) is 0 Å². The first-order valence-electron chi connectivity index (χ1n) is 6.60. The summed E-state index contributed by atoms with van der Waals surface area (Å²) in [6, 6.07) is 6.04. The van der Waals surface area contributed by atoms with E-state index >= 15 is 0 Å². The summed E-state index contributed by atoms with van der Waals surface area (Å²) in [5.74, 6) is -1.11. The van der Waals surface area contributed by atoms with E-state index in [1.165, 1.54) is 18.4 Å². The lowest BCUT2D eigenvalue weighted by Crippen LogP contribution is -2.30. The highest BCUT2D eigenvalue weighted by Crippen LogP contribution is 2.24. The van der Waals surface area contributed by atoms with Gasteiger partial charge in [-0.3, -0.25) is 4.79 Å².